The lowest BCUT2D eigenvalue weighted by Gasteiger charge is -2.46. The van der Waals surface area contributed by atoms with Gasteiger partial charge in [-0.05, 0) is 46.6 Å². The molecule has 2 N–H and O–H groups in total. The molecule has 3 aromatic rings. The van der Waals surface area contributed by atoms with Crippen molar-refractivity contribution in [2.75, 3.05) is 26.2 Å². The van der Waals surface area contributed by atoms with E-state index < -0.39 is 5.85 Å². The Labute approximate surface area is 248 Å². The Balaban J connectivity index is 0.00000405. The van der Waals surface area contributed by atoms with Crippen LogP contribution in [0.15, 0.2) is 126 Å². The van der Waals surface area contributed by atoms with Crippen molar-refractivity contribution in [3.63, 3.8) is 0 Å². The van der Waals surface area contributed by atoms with E-state index in [-0.39, 0.29) is 18.9 Å². The molecule has 0 saturated carbocycles. The van der Waals surface area contributed by atoms with Gasteiger partial charge in [-0.3, -0.25) is 15.1 Å². The van der Waals surface area contributed by atoms with Crippen molar-refractivity contribution in [1.29, 1.82) is 0 Å². The SMILES string of the molecule is CC(C)(C)C1=CCC=C(C(c2ccccc2)N2CCN(C(C)(O)NC(c3ccccc3)c3ccccc3)CC2)C=C1.[HH]. The Bertz CT molecular complexity index is 1310. The first kappa shape index (κ1) is 29.2. The molecule has 0 radical (unpaired) electrons. The minimum Gasteiger partial charge on any atom is -0.363 e. The van der Waals surface area contributed by atoms with Crippen LogP contribution in [0.25, 0.3) is 0 Å². The van der Waals surface area contributed by atoms with Crippen molar-refractivity contribution in [2.24, 2.45) is 5.41 Å². The normalized spacial score (nSPS) is 19.3. The Morgan fingerprint density at radius 3 is 1.71 bits per heavy atom. The molecule has 0 amide bonds. The summed E-state index contributed by atoms with van der Waals surface area (Å²) in [4.78, 5) is 4.76. The molecule has 0 spiro atoms. The average molecular weight is 550 g/mol. The van der Waals surface area contributed by atoms with Crippen molar-refractivity contribution in [3.05, 3.63) is 143 Å². The molecule has 4 nitrogen and oxygen atoms in total. The van der Waals surface area contributed by atoms with Crippen LogP contribution in [0.5, 0.6) is 0 Å². The van der Waals surface area contributed by atoms with Crippen molar-refractivity contribution < 1.29 is 6.53 Å². The summed E-state index contributed by atoms with van der Waals surface area (Å²) in [5.41, 5.74) is 6.44. The number of piperazine rings is 1. The summed E-state index contributed by atoms with van der Waals surface area (Å²) in [6.07, 6.45) is 10.3. The van der Waals surface area contributed by atoms with Crippen LogP contribution in [0.3, 0.4) is 0 Å². The lowest BCUT2D eigenvalue weighted by atomic mass is 9.85. The maximum atomic E-state index is 11.8. The standard InChI is InChI=1S/C37H45N3O.H2/c1-36(2,3)33-22-14-21-32(23-24-33)35(31-19-12-7-13-20-31)39-25-27-40(28-26-39)37(4,41)38-34(29-15-8-5-9-16-29)30-17-10-6-11-18-30;/h5-13,15-24,34-35,38,41H,14,25-28H2,1-4H3;1H. The zero-order valence-electron chi connectivity index (χ0n) is 25.0. The lowest BCUT2D eigenvalue weighted by molar-refractivity contribution is -0.140. The van der Waals surface area contributed by atoms with E-state index in [1.807, 2.05) is 19.1 Å². The van der Waals surface area contributed by atoms with Gasteiger partial charge in [-0.1, -0.05) is 136 Å². The molecule has 1 aliphatic carbocycles. The molecule has 1 saturated heterocycles. The van der Waals surface area contributed by atoms with Gasteiger partial charge in [0.2, 0.25) is 0 Å². The molecule has 0 aromatic heterocycles. The van der Waals surface area contributed by atoms with Gasteiger partial charge in [-0.25, -0.2) is 0 Å². The van der Waals surface area contributed by atoms with Crippen LogP contribution in [0.4, 0.5) is 0 Å². The van der Waals surface area contributed by atoms with Gasteiger partial charge in [0, 0.05) is 27.6 Å². The van der Waals surface area contributed by atoms with E-state index in [2.05, 4.69) is 139 Å². The van der Waals surface area contributed by atoms with Crippen LogP contribution in [0, 0.1) is 5.41 Å². The number of rotatable bonds is 8. The number of aliphatic hydroxyl groups is 1. The molecular formula is C37H47N3O. The molecule has 0 bridgehead atoms. The van der Waals surface area contributed by atoms with Gasteiger partial charge < -0.3 is 5.11 Å². The number of allylic oxidation sites excluding steroid dienone is 4. The third kappa shape index (κ3) is 7.14. The second-order valence-corrected chi connectivity index (χ2v) is 12.4. The van der Waals surface area contributed by atoms with Crippen LogP contribution >= 0.6 is 0 Å². The van der Waals surface area contributed by atoms with Crippen LogP contribution in [-0.4, -0.2) is 46.9 Å². The molecular weight excluding hydrogens is 502 g/mol. The molecule has 1 fully saturated rings. The summed E-state index contributed by atoms with van der Waals surface area (Å²) in [6.45, 7) is 12.0. The average Bonchev–Trinajstić information content (AvgIpc) is 3.25. The first-order valence-corrected chi connectivity index (χ1v) is 15.0. The van der Waals surface area contributed by atoms with E-state index >= 15 is 0 Å². The Morgan fingerprint density at radius 2 is 1.20 bits per heavy atom. The van der Waals surface area contributed by atoms with Gasteiger partial charge in [0.15, 0.2) is 5.85 Å². The lowest BCUT2D eigenvalue weighted by Crippen LogP contribution is -2.63. The maximum absolute atomic E-state index is 11.8. The highest BCUT2D eigenvalue weighted by Crippen LogP contribution is 2.35. The Morgan fingerprint density at radius 1 is 0.683 bits per heavy atom. The van der Waals surface area contributed by atoms with E-state index in [4.69, 9.17) is 0 Å². The van der Waals surface area contributed by atoms with Crippen LogP contribution in [-0.2, 0) is 0 Å². The maximum Gasteiger partial charge on any atom is 0.172 e. The van der Waals surface area contributed by atoms with E-state index in [1.54, 1.807) is 0 Å². The Hall–Kier alpha value is -3.28. The number of nitrogens with zero attached hydrogens (tertiary/aromatic N) is 2. The van der Waals surface area contributed by atoms with Crippen molar-refractivity contribution >= 4 is 0 Å². The molecule has 41 heavy (non-hydrogen) atoms. The largest absolute Gasteiger partial charge is 0.363 e. The topological polar surface area (TPSA) is 38.7 Å². The molecule has 4 heteroatoms. The van der Waals surface area contributed by atoms with E-state index in [1.165, 1.54) is 16.7 Å². The van der Waals surface area contributed by atoms with Gasteiger partial charge >= 0.3 is 0 Å². The first-order chi connectivity index (χ1) is 19.7. The fourth-order valence-corrected chi connectivity index (χ4v) is 6.08. The fraction of sp³-hybridized carbons (Fsp3) is 0.351. The van der Waals surface area contributed by atoms with Crippen molar-refractivity contribution in [2.45, 2.75) is 52.0 Å². The third-order valence-corrected chi connectivity index (χ3v) is 8.42. The number of hydrogen-bond acceptors (Lipinski definition) is 4. The zero-order valence-corrected chi connectivity index (χ0v) is 25.0. The minimum absolute atomic E-state index is 0. The molecule has 5 rings (SSSR count). The summed E-state index contributed by atoms with van der Waals surface area (Å²) < 4.78 is 0. The van der Waals surface area contributed by atoms with Gasteiger partial charge in [-0.2, -0.15) is 0 Å². The summed E-state index contributed by atoms with van der Waals surface area (Å²) in [7, 11) is 0. The molecule has 216 valence electrons. The van der Waals surface area contributed by atoms with Crippen LogP contribution in [0.2, 0.25) is 0 Å². The third-order valence-electron chi connectivity index (χ3n) is 8.42. The molecule has 1 heterocycles. The first-order valence-electron chi connectivity index (χ1n) is 15.0. The van der Waals surface area contributed by atoms with E-state index in [9.17, 15) is 5.11 Å². The van der Waals surface area contributed by atoms with Gasteiger partial charge in [-0.15, -0.1) is 0 Å². The predicted molar refractivity (Wildman–Crippen MR) is 172 cm³/mol. The monoisotopic (exact) mass is 549 g/mol. The number of hydrogen-bond donors (Lipinski definition) is 2. The highest BCUT2D eigenvalue weighted by Gasteiger charge is 2.36. The smallest absolute Gasteiger partial charge is 0.172 e. The predicted octanol–water partition coefficient (Wildman–Crippen LogP) is 7.50. The van der Waals surface area contributed by atoms with Crippen LogP contribution in [0.1, 0.15) is 64.3 Å². The quantitative estimate of drug-likeness (QED) is 0.286. The van der Waals surface area contributed by atoms with Gasteiger partial charge in [0.25, 0.3) is 0 Å². The minimum atomic E-state index is -1.17. The van der Waals surface area contributed by atoms with E-state index in [0.717, 1.165) is 43.7 Å². The van der Waals surface area contributed by atoms with E-state index in [0.29, 0.717) is 0 Å². The van der Waals surface area contributed by atoms with Crippen molar-refractivity contribution in [1.82, 2.24) is 15.1 Å². The number of benzene rings is 3. The summed E-state index contributed by atoms with van der Waals surface area (Å²) in [5.74, 6) is -1.17. The summed E-state index contributed by atoms with van der Waals surface area (Å²) in [5, 5.41) is 15.4. The second kappa shape index (κ2) is 12.7. The fourth-order valence-electron chi connectivity index (χ4n) is 6.08. The molecule has 3 aromatic carbocycles. The zero-order chi connectivity index (χ0) is 28.9. The van der Waals surface area contributed by atoms with Crippen LogP contribution < -0.4 is 5.32 Å². The molecule has 2 unspecified atom stereocenters. The molecule has 1 aliphatic heterocycles. The van der Waals surface area contributed by atoms with Crippen molar-refractivity contribution in [3.8, 4) is 0 Å². The second-order valence-electron chi connectivity index (χ2n) is 12.4. The Kier molecular flexibility index (Phi) is 9.06. The molecule has 2 aliphatic rings. The number of nitrogens with one attached hydrogen (secondary N) is 1. The van der Waals surface area contributed by atoms with Gasteiger partial charge in [0.05, 0.1) is 12.1 Å². The summed E-state index contributed by atoms with van der Waals surface area (Å²) >= 11 is 0. The highest BCUT2D eigenvalue weighted by molar-refractivity contribution is 5.41. The van der Waals surface area contributed by atoms with Gasteiger partial charge in [0.1, 0.15) is 0 Å². The summed E-state index contributed by atoms with van der Waals surface area (Å²) in [6, 6.07) is 31.7. The molecule has 2 atom stereocenters. The highest BCUT2D eigenvalue weighted by atomic mass is 16.3.